The van der Waals surface area contributed by atoms with Crippen LogP contribution in [0.4, 0.5) is 43.9 Å². The van der Waals surface area contributed by atoms with Crippen LogP contribution in [0.3, 0.4) is 0 Å². The fourth-order valence-corrected chi connectivity index (χ4v) is 3.63. The number of nitrogens with zero attached hydrogens (tertiary/aromatic N) is 1. The summed E-state index contributed by atoms with van der Waals surface area (Å²) in [5.74, 6) is 0. The quantitative estimate of drug-likeness (QED) is 0.560. The third-order valence-corrected chi connectivity index (χ3v) is 5.02. The minimum atomic E-state index is -6.52. The Morgan fingerprint density at radius 3 is 1.29 bits per heavy atom. The molecule has 0 spiro atoms. The Kier molecular flexibility index (Phi) is 5.07. The lowest BCUT2D eigenvalue weighted by molar-refractivity contribution is -0.265. The van der Waals surface area contributed by atoms with Gasteiger partial charge in [0, 0.05) is 13.1 Å². The summed E-state index contributed by atoms with van der Waals surface area (Å²) in [6.07, 6.45) is -13.0. The van der Waals surface area contributed by atoms with Crippen molar-refractivity contribution in [2.45, 2.75) is 23.7 Å². The van der Waals surface area contributed by atoms with E-state index < -0.39 is 58.1 Å². The monoisotopic (exact) mass is 355 g/mol. The molecule has 126 valence electrons. The van der Waals surface area contributed by atoms with E-state index in [4.69, 9.17) is 0 Å². The van der Waals surface area contributed by atoms with Gasteiger partial charge in [-0.05, 0) is 0 Å². The van der Waals surface area contributed by atoms with Gasteiger partial charge in [0.15, 0.2) is 0 Å². The maximum atomic E-state index is 13.2. The minimum absolute atomic E-state index is 0.181. The van der Waals surface area contributed by atoms with E-state index in [-0.39, 0.29) is 4.67 Å². The molecular weight excluding hydrogens is 347 g/mol. The van der Waals surface area contributed by atoms with Gasteiger partial charge >= 0.3 is 23.7 Å². The van der Waals surface area contributed by atoms with Crippen LogP contribution in [-0.2, 0) is 4.74 Å². The highest BCUT2D eigenvalue weighted by Crippen LogP contribution is 2.72. The van der Waals surface area contributed by atoms with E-state index in [1.807, 2.05) is 0 Å². The predicted molar refractivity (Wildman–Crippen MR) is 51.3 cm³/mol. The summed E-state index contributed by atoms with van der Waals surface area (Å²) in [5.41, 5.74) is -12.4. The lowest BCUT2D eigenvalue weighted by atomic mass is 10.5. The molecule has 2 nitrogen and oxygen atoms in total. The molecule has 0 amide bonds. The van der Waals surface area contributed by atoms with E-state index >= 15 is 0 Å². The Morgan fingerprint density at radius 2 is 1.00 bits per heavy atom. The normalized spacial score (nSPS) is 20.1. The topological polar surface area (TPSA) is 12.5 Å². The summed E-state index contributed by atoms with van der Waals surface area (Å²) < 4.78 is 131. The first-order valence-corrected chi connectivity index (χ1v) is 6.54. The molecule has 1 saturated heterocycles. The molecule has 0 aromatic heterocycles. The van der Waals surface area contributed by atoms with E-state index in [0.29, 0.717) is 0 Å². The van der Waals surface area contributed by atoms with Gasteiger partial charge in [-0.1, -0.05) is 0 Å². The molecule has 0 atom stereocenters. The number of rotatable bonds is 3. The van der Waals surface area contributed by atoms with Gasteiger partial charge in [0.25, 0.3) is 0 Å². The molecule has 0 bridgehead atoms. The van der Waals surface area contributed by atoms with Crippen molar-refractivity contribution >= 4 is 8.07 Å². The van der Waals surface area contributed by atoms with Crippen LogP contribution in [0, 0.1) is 0 Å². The smallest absolute Gasteiger partial charge is 0.379 e. The number of hydrogen-bond donors (Lipinski definition) is 0. The standard InChI is InChI=1S/C8H8F10NOP/c9-5(10,11)7(15,16)21(8(17,18)6(12,13)14)19-1-3-20-4-2-19/h1-4H2. The minimum Gasteiger partial charge on any atom is -0.379 e. The SMILES string of the molecule is FC(F)(F)C(F)(F)P(N1CCOCC1)C(F)(F)C(F)(F)F. The molecule has 1 rings (SSSR count). The van der Waals surface area contributed by atoms with Crippen LogP contribution in [0.25, 0.3) is 0 Å². The maximum absolute atomic E-state index is 13.2. The van der Waals surface area contributed by atoms with Crippen LogP contribution in [-0.4, -0.2) is 54.7 Å². The Morgan fingerprint density at radius 1 is 0.667 bits per heavy atom. The Labute approximate surface area is 112 Å². The maximum Gasteiger partial charge on any atom is 0.459 e. The number of hydrogen-bond acceptors (Lipinski definition) is 2. The highest BCUT2D eigenvalue weighted by Gasteiger charge is 2.77. The summed E-state index contributed by atoms with van der Waals surface area (Å²) in [7, 11) is -5.20. The molecule has 1 aliphatic heterocycles. The van der Waals surface area contributed by atoms with Crippen LogP contribution in [0.2, 0.25) is 0 Å². The molecule has 0 aromatic carbocycles. The summed E-state index contributed by atoms with van der Waals surface area (Å²) in [4.78, 5) is 0. The zero-order chi connectivity index (χ0) is 16.7. The summed E-state index contributed by atoms with van der Waals surface area (Å²) in [5, 5.41) is 0. The zero-order valence-electron chi connectivity index (χ0n) is 9.91. The van der Waals surface area contributed by atoms with Gasteiger partial charge in [0.2, 0.25) is 0 Å². The van der Waals surface area contributed by atoms with E-state index in [1.54, 1.807) is 0 Å². The van der Waals surface area contributed by atoms with Crippen molar-refractivity contribution in [3.05, 3.63) is 0 Å². The van der Waals surface area contributed by atoms with Crippen LogP contribution in [0.15, 0.2) is 0 Å². The second-order valence-electron chi connectivity index (χ2n) is 3.96. The molecule has 1 aliphatic rings. The fraction of sp³-hybridized carbons (Fsp3) is 1.00. The van der Waals surface area contributed by atoms with E-state index in [9.17, 15) is 43.9 Å². The van der Waals surface area contributed by atoms with Crippen LogP contribution >= 0.6 is 8.07 Å². The van der Waals surface area contributed by atoms with Crippen LogP contribution in [0.5, 0.6) is 0 Å². The Balaban J connectivity index is 3.30. The van der Waals surface area contributed by atoms with Crippen molar-refractivity contribution in [2.24, 2.45) is 0 Å². The number of ether oxygens (including phenoxy) is 1. The van der Waals surface area contributed by atoms with Crippen LogP contribution in [0.1, 0.15) is 0 Å². The lowest BCUT2D eigenvalue weighted by Gasteiger charge is -2.42. The van der Waals surface area contributed by atoms with Crippen molar-refractivity contribution < 1.29 is 48.6 Å². The van der Waals surface area contributed by atoms with Crippen LogP contribution < -0.4 is 0 Å². The Bertz CT molecular complexity index is 335. The average molecular weight is 355 g/mol. The first kappa shape index (κ1) is 18.7. The first-order chi connectivity index (χ1) is 9.23. The molecule has 0 saturated carbocycles. The second-order valence-corrected chi connectivity index (χ2v) is 6.27. The summed E-state index contributed by atoms with van der Waals surface area (Å²) in [6, 6.07) is 0. The van der Waals surface area contributed by atoms with Crippen molar-refractivity contribution in [2.75, 3.05) is 26.3 Å². The van der Waals surface area contributed by atoms with E-state index in [1.165, 1.54) is 0 Å². The van der Waals surface area contributed by atoms with Crippen molar-refractivity contribution in [1.29, 1.82) is 0 Å². The third-order valence-electron chi connectivity index (χ3n) is 2.48. The highest BCUT2D eigenvalue weighted by molar-refractivity contribution is 7.57. The van der Waals surface area contributed by atoms with Gasteiger partial charge < -0.3 is 4.74 Å². The average Bonchev–Trinajstić information content (AvgIpc) is 2.26. The van der Waals surface area contributed by atoms with Gasteiger partial charge in [-0.25, -0.2) is 0 Å². The molecule has 1 fully saturated rings. The molecular formula is C8H8F10NOP. The number of halogens is 10. The summed E-state index contributed by atoms with van der Waals surface area (Å²) in [6.45, 7) is -2.77. The molecule has 0 N–H and O–H groups in total. The van der Waals surface area contributed by atoms with Crippen molar-refractivity contribution in [3.8, 4) is 0 Å². The van der Waals surface area contributed by atoms with Gasteiger partial charge in [-0.15, -0.1) is 0 Å². The molecule has 1 heterocycles. The molecule has 13 heteroatoms. The zero-order valence-corrected chi connectivity index (χ0v) is 10.8. The number of morpholine rings is 1. The molecule has 0 unspecified atom stereocenters. The molecule has 21 heavy (non-hydrogen) atoms. The van der Waals surface area contributed by atoms with Gasteiger partial charge in [-0.3, -0.25) is 4.67 Å². The highest BCUT2D eigenvalue weighted by atomic mass is 31.1. The summed E-state index contributed by atoms with van der Waals surface area (Å²) >= 11 is 0. The van der Waals surface area contributed by atoms with Gasteiger partial charge in [0.1, 0.15) is 8.07 Å². The van der Waals surface area contributed by atoms with E-state index in [0.717, 1.165) is 0 Å². The third kappa shape index (κ3) is 3.53. The second kappa shape index (κ2) is 5.69. The largest absolute Gasteiger partial charge is 0.459 e. The Hall–Kier alpha value is -0.350. The molecule has 0 aliphatic carbocycles. The molecule has 0 radical (unpaired) electrons. The first-order valence-electron chi connectivity index (χ1n) is 5.25. The molecule has 0 aromatic rings. The fourth-order valence-electron chi connectivity index (χ4n) is 1.53. The van der Waals surface area contributed by atoms with Crippen molar-refractivity contribution in [1.82, 2.24) is 4.67 Å². The van der Waals surface area contributed by atoms with Crippen molar-refractivity contribution in [3.63, 3.8) is 0 Å². The van der Waals surface area contributed by atoms with E-state index in [2.05, 4.69) is 4.74 Å². The van der Waals surface area contributed by atoms with Gasteiger partial charge in [0.05, 0.1) is 13.2 Å². The number of alkyl halides is 10. The van der Waals surface area contributed by atoms with Gasteiger partial charge in [-0.2, -0.15) is 43.9 Å². The predicted octanol–water partition coefficient (Wildman–Crippen LogP) is 4.03. The lowest BCUT2D eigenvalue weighted by Crippen LogP contribution is -2.51.